The van der Waals surface area contributed by atoms with E-state index in [1.165, 1.54) is 77.0 Å². The smallest absolute Gasteiger partial charge is 0.168 e. The number of hydrogen-bond donors (Lipinski definition) is 0. The average Bonchev–Trinajstić information content (AvgIpc) is 3.40. The third-order valence-electron chi connectivity index (χ3n) is 6.26. The summed E-state index contributed by atoms with van der Waals surface area (Å²) in [4.78, 5) is 0. The molecule has 3 heteroatoms. The van der Waals surface area contributed by atoms with Crippen LogP contribution in [0.1, 0.15) is 111 Å². The van der Waals surface area contributed by atoms with Gasteiger partial charge < -0.3 is 14.2 Å². The second-order valence-electron chi connectivity index (χ2n) is 8.43. The van der Waals surface area contributed by atoms with E-state index >= 15 is 0 Å². The van der Waals surface area contributed by atoms with Gasteiger partial charge >= 0.3 is 0 Å². The Morgan fingerprint density at radius 1 is 0.769 bits per heavy atom. The van der Waals surface area contributed by atoms with Crippen LogP contribution in [0.3, 0.4) is 0 Å². The van der Waals surface area contributed by atoms with Crippen molar-refractivity contribution >= 4 is 0 Å². The van der Waals surface area contributed by atoms with Gasteiger partial charge in [0.1, 0.15) is 0 Å². The lowest BCUT2D eigenvalue weighted by atomic mass is 9.85. The van der Waals surface area contributed by atoms with Crippen molar-refractivity contribution in [2.24, 2.45) is 5.92 Å². The number of rotatable bonds is 16. The second-order valence-corrected chi connectivity index (χ2v) is 8.43. The third-order valence-corrected chi connectivity index (χ3v) is 6.26. The highest BCUT2D eigenvalue weighted by Crippen LogP contribution is 2.41. The van der Waals surface area contributed by atoms with Crippen LogP contribution in [0, 0.1) is 5.92 Å². The summed E-state index contributed by atoms with van der Waals surface area (Å²) in [6.45, 7) is 7.98. The molecule has 0 N–H and O–H groups in total. The summed E-state index contributed by atoms with van der Waals surface area (Å²) in [7, 11) is 0. The molecule has 2 aliphatic rings. The second kappa shape index (κ2) is 12.4. The lowest BCUT2D eigenvalue weighted by Crippen LogP contribution is -2.36. The van der Waals surface area contributed by atoms with Gasteiger partial charge in [-0.1, -0.05) is 51.9 Å². The zero-order valence-corrected chi connectivity index (χ0v) is 17.8. The van der Waals surface area contributed by atoms with Crippen LogP contribution in [0.25, 0.3) is 0 Å². The van der Waals surface area contributed by atoms with Gasteiger partial charge in [0, 0.05) is 26.1 Å². The molecule has 2 rings (SSSR count). The molecule has 0 aromatic carbocycles. The van der Waals surface area contributed by atoms with Crippen LogP contribution in [0.15, 0.2) is 0 Å². The number of epoxide rings is 1. The van der Waals surface area contributed by atoms with Crippen molar-refractivity contribution in [3.05, 3.63) is 0 Å². The van der Waals surface area contributed by atoms with E-state index in [1.54, 1.807) is 0 Å². The number of ether oxygens (including phenoxy) is 3. The highest BCUT2D eigenvalue weighted by atomic mass is 16.7. The molecule has 1 aliphatic carbocycles. The average molecular weight is 369 g/mol. The fourth-order valence-electron chi connectivity index (χ4n) is 4.74. The van der Waals surface area contributed by atoms with E-state index in [1.807, 2.05) is 0 Å². The van der Waals surface area contributed by atoms with Crippen molar-refractivity contribution < 1.29 is 14.2 Å². The molecule has 1 saturated carbocycles. The first-order valence-electron chi connectivity index (χ1n) is 11.7. The fourth-order valence-corrected chi connectivity index (χ4v) is 4.74. The Morgan fingerprint density at radius 3 is 2.08 bits per heavy atom. The molecule has 0 aromatic heterocycles. The predicted octanol–water partition coefficient (Wildman–Crippen LogP) is 6.63. The van der Waals surface area contributed by atoms with Gasteiger partial charge in [-0.2, -0.15) is 0 Å². The van der Waals surface area contributed by atoms with Gasteiger partial charge in [0.05, 0.1) is 12.2 Å². The molecule has 1 aliphatic heterocycles. The molecule has 1 saturated heterocycles. The van der Waals surface area contributed by atoms with Gasteiger partial charge in [0.25, 0.3) is 0 Å². The SMILES string of the molecule is CCCCCCCCCC(CCCC1CCC2OC2C1)(OCC)OCC. The van der Waals surface area contributed by atoms with Gasteiger partial charge in [-0.15, -0.1) is 0 Å². The highest BCUT2D eigenvalue weighted by molar-refractivity contribution is 4.91. The van der Waals surface area contributed by atoms with E-state index in [0.29, 0.717) is 12.2 Å². The van der Waals surface area contributed by atoms with E-state index in [-0.39, 0.29) is 5.79 Å². The monoisotopic (exact) mass is 368 g/mol. The molecule has 0 radical (unpaired) electrons. The maximum absolute atomic E-state index is 6.19. The van der Waals surface area contributed by atoms with Crippen LogP contribution in [-0.4, -0.2) is 31.2 Å². The summed E-state index contributed by atoms with van der Waals surface area (Å²) in [5, 5.41) is 0. The van der Waals surface area contributed by atoms with Gasteiger partial charge in [0.2, 0.25) is 0 Å². The lowest BCUT2D eigenvalue weighted by molar-refractivity contribution is -0.242. The Morgan fingerprint density at radius 2 is 1.42 bits per heavy atom. The van der Waals surface area contributed by atoms with Crippen LogP contribution >= 0.6 is 0 Å². The maximum atomic E-state index is 6.19. The van der Waals surface area contributed by atoms with E-state index in [4.69, 9.17) is 14.2 Å². The topological polar surface area (TPSA) is 31.0 Å². The molecule has 0 aromatic rings. The Kier molecular flexibility index (Phi) is 10.5. The third kappa shape index (κ3) is 7.86. The van der Waals surface area contributed by atoms with Crippen molar-refractivity contribution in [2.45, 2.75) is 129 Å². The van der Waals surface area contributed by atoms with Crippen LogP contribution < -0.4 is 0 Å². The predicted molar refractivity (Wildman–Crippen MR) is 108 cm³/mol. The van der Waals surface area contributed by atoms with Crippen LogP contribution in [-0.2, 0) is 14.2 Å². The Balaban J connectivity index is 1.67. The molecule has 3 atom stereocenters. The molecule has 3 unspecified atom stereocenters. The normalized spacial score (nSPS) is 25.3. The molecule has 0 spiro atoms. The summed E-state index contributed by atoms with van der Waals surface area (Å²) >= 11 is 0. The number of fused-ring (bicyclic) bond motifs is 1. The molecule has 2 fully saturated rings. The summed E-state index contributed by atoms with van der Waals surface area (Å²) in [6.07, 6.45) is 19.2. The lowest BCUT2D eigenvalue weighted by Gasteiger charge is -2.34. The van der Waals surface area contributed by atoms with Crippen LogP contribution in [0.4, 0.5) is 0 Å². The van der Waals surface area contributed by atoms with Crippen molar-refractivity contribution in [1.29, 1.82) is 0 Å². The van der Waals surface area contributed by atoms with E-state index in [2.05, 4.69) is 20.8 Å². The molecule has 0 amide bonds. The van der Waals surface area contributed by atoms with Gasteiger partial charge in [0.15, 0.2) is 5.79 Å². The summed E-state index contributed by atoms with van der Waals surface area (Å²) in [5.41, 5.74) is 0. The zero-order chi connectivity index (χ0) is 18.7. The maximum Gasteiger partial charge on any atom is 0.168 e. The van der Waals surface area contributed by atoms with Crippen LogP contribution in [0.5, 0.6) is 0 Å². The van der Waals surface area contributed by atoms with Gasteiger partial charge in [-0.05, 0) is 51.9 Å². The first kappa shape index (κ1) is 22.2. The molecule has 3 nitrogen and oxygen atoms in total. The summed E-state index contributed by atoms with van der Waals surface area (Å²) in [5.74, 6) is 0.526. The van der Waals surface area contributed by atoms with Crippen LogP contribution in [0.2, 0.25) is 0 Å². The Labute approximate surface area is 162 Å². The van der Waals surface area contributed by atoms with Gasteiger partial charge in [-0.3, -0.25) is 0 Å². The molecule has 26 heavy (non-hydrogen) atoms. The minimum absolute atomic E-state index is 0.333. The summed E-state index contributed by atoms with van der Waals surface area (Å²) < 4.78 is 18.1. The first-order valence-corrected chi connectivity index (χ1v) is 11.7. The Bertz CT molecular complexity index is 351. The van der Waals surface area contributed by atoms with E-state index in [9.17, 15) is 0 Å². The molecular weight excluding hydrogens is 324 g/mol. The molecule has 1 heterocycles. The Hall–Kier alpha value is -0.120. The van der Waals surface area contributed by atoms with E-state index in [0.717, 1.165) is 32.0 Å². The van der Waals surface area contributed by atoms with Crippen molar-refractivity contribution in [3.8, 4) is 0 Å². The molecular formula is C23H44O3. The van der Waals surface area contributed by atoms with Crippen molar-refractivity contribution in [3.63, 3.8) is 0 Å². The largest absolute Gasteiger partial charge is 0.370 e. The summed E-state index contributed by atoms with van der Waals surface area (Å²) in [6, 6.07) is 0. The first-order chi connectivity index (χ1) is 12.7. The van der Waals surface area contributed by atoms with Gasteiger partial charge in [-0.25, -0.2) is 0 Å². The zero-order valence-electron chi connectivity index (χ0n) is 17.8. The minimum Gasteiger partial charge on any atom is -0.370 e. The highest BCUT2D eigenvalue weighted by Gasteiger charge is 2.43. The number of hydrogen-bond acceptors (Lipinski definition) is 3. The molecule has 154 valence electrons. The van der Waals surface area contributed by atoms with E-state index < -0.39 is 0 Å². The molecule has 0 bridgehead atoms. The fraction of sp³-hybridized carbons (Fsp3) is 1.00. The standard InChI is InChI=1S/C23H44O3/c1-4-7-8-9-10-11-12-17-23(24-5-2,25-6-3)18-13-14-20-15-16-21-22(19-20)26-21/h20-22H,4-19H2,1-3H3. The van der Waals surface area contributed by atoms with Crippen molar-refractivity contribution in [1.82, 2.24) is 0 Å². The van der Waals surface area contributed by atoms with Crippen molar-refractivity contribution in [2.75, 3.05) is 13.2 Å². The quantitative estimate of drug-likeness (QED) is 0.174. The number of unbranched alkanes of at least 4 members (excludes halogenated alkanes) is 6. The minimum atomic E-state index is -0.333.